The SMILES string of the molecule is CN=C(NN)NCCc1nc(C)cs1. The number of rotatable bonds is 3. The Morgan fingerprint density at radius 3 is 3.00 bits per heavy atom. The van der Waals surface area contributed by atoms with Crippen LogP contribution in [0.2, 0.25) is 0 Å². The summed E-state index contributed by atoms with van der Waals surface area (Å²) in [7, 11) is 1.68. The smallest absolute Gasteiger partial charge is 0.205 e. The van der Waals surface area contributed by atoms with Crippen LogP contribution < -0.4 is 16.6 Å². The van der Waals surface area contributed by atoms with Crippen LogP contribution in [0, 0.1) is 6.92 Å². The summed E-state index contributed by atoms with van der Waals surface area (Å²) >= 11 is 1.67. The Balaban J connectivity index is 2.28. The Morgan fingerprint density at radius 2 is 2.50 bits per heavy atom. The number of aliphatic imine (C=N–C) groups is 1. The van der Waals surface area contributed by atoms with E-state index in [4.69, 9.17) is 5.84 Å². The van der Waals surface area contributed by atoms with Gasteiger partial charge < -0.3 is 5.32 Å². The van der Waals surface area contributed by atoms with Gasteiger partial charge >= 0.3 is 0 Å². The fourth-order valence-electron chi connectivity index (χ4n) is 1.000. The van der Waals surface area contributed by atoms with E-state index in [1.807, 2.05) is 12.3 Å². The predicted molar refractivity (Wildman–Crippen MR) is 59.2 cm³/mol. The van der Waals surface area contributed by atoms with Crippen molar-refractivity contribution < 1.29 is 0 Å². The minimum absolute atomic E-state index is 0.596. The standard InChI is InChI=1S/C8H15N5S/c1-6-5-14-7(12-6)3-4-11-8(10-2)13-9/h5H,3-4,9H2,1-2H3,(H2,10,11,13). The van der Waals surface area contributed by atoms with Crippen LogP contribution in [-0.2, 0) is 6.42 Å². The first-order valence-corrected chi connectivity index (χ1v) is 5.22. The number of guanidine groups is 1. The van der Waals surface area contributed by atoms with E-state index in [1.54, 1.807) is 18.4 Å². The van der Waals surface area contributed by atoms with Crippen molar-refractivity contribution in [2.24, 2.45) is 10.8 Å². The lowest BCUT2D eigenvalue weighted by Crippen LogP contribution is -2.42. The van der Waals surface area contributed by atoms with Crippen molar-refractivity contribution in [2.45, 2.75) is 13.3 Å². The lowest BCUT2D eigenvalue weighted by atomic mass is 10.4. The zero-order chi connectivity index (χ0) is 10.4. The molecule has 5 nitrogen and oxygen atoms in total. The van der Waals surface area contributed by atoms with E-state index in [0.29, 0.717) is 5.96 Å². The molecule has 14 heavy (non-hydrogen) atoms. The second-order valence-corrected chi connectivity index (χ2v) is 3.72. The maximum absolute atomic E-state index is 5.21. The largest absolute Gasteiger partial charge is 0.355 e. The molecule has 1 aromatic heterocycles. The first-order valence-electron chi connectivity index (χ1n) is 4.34. The first-order chi connectivity index (χ1) is 6.76. The molecule has 78 valence electrons. The van der Waals surface area contributed by atoms with E-state index >= 15 is 0 Å². The van der Waals surface area contributed by atoms with E-state index < -0.39 is 0 Å². The highest BCUT2D eigenvalue weighted by Gasteiger charge is 1.98. The number of thiazole rings is 1. The molecule has 0 unspecified atom stereocenters. The minimum atomic E-state index is 0.596. The number of hydrogen-bond acceptors (Lipinski definition) is 4. The maximum Gasteiger partial charge on any atom is 0.205 e. The van der Waals surface area contributed by atoms with Gasteiger partial charge in [0.25, 0.3) is 0 Å². The van der Waals surface area contributed by atoms with Crippen LogP contribution in [0.4, 0.5) is 0 Å². The van der Waals surface area contributed by atoms with Gasteiger partial charge in [-0.15, -0.1) is 11.3 Å². The molecule has 0 bridgehead atoms. The van der Waals surface area contributed by atoms with Gasteiger partial charge in [-0.3, -0.25) is 10.4 Å². The zero-order valence-corrected chi connectivity index (χ0v) is 9.19. The normalized spacial score (nSPS) is 11.5. The molecule has 0 aliphatic rings. The summed E-state index contributed by atoms with van der Waals surface area (Å²) in [5.74, 6) is 5.81. The van der Waals surface area contributed by atoms with Crippen LogP contribution >= 0.6 is 11.3 Å². The van der Waals surface area contributed by atoms with Gasteiger partial charge in [-0.05, 0) is 6.92 Å². The lowest BCUT2D eigenvalue weighted by molar-refractivity contribution is 0.811. The Bertz CT molecular complexity index is 306. The number of aryl methyl sites for hydroxylation is 1. The molecule has 0 amide bonds. The van der Waals surface area contributed by atoms with Crippen molar-refractivity contribution in [3.63, 3.8) is 0 Å². The summed E-state index contributed by atoms with van der Waals surface area (Å²) in [6.07, 6.45) is 0.888. The van der Waals surface area contributed by atoms with E-state index in [0.717, 1.165) is 23.7 Å². The lowest BCUT2D eigenvalue weighted by Gasteiger charge is -2.06. The van der Waals surface area contributed by atoms with Gasteiger partial charge in [-0.2, -0.15) is 0 Å². The van der Waals surface area contributed by atoms with Gasteiger partial charge in [0, 0.05) is 31.1 Å². The number of hydrazine groups is 1. The third-order valence-corrected chi connectivity index (χ3v) is 2.68. The van der Waals surface area contributed by atoms with Gasteiger partial charge in [0.05, 0.1) is 5.01 Å². The van der Waals surface area contributed by atoms with Gasteiger partial charge in [0.15, 0.2) is 0 Å². The number of aromatic nitrogens is 1. The second kappa shape index (κ2) is 5.56. The van der Waals surface area contributed by atoms with Crippen molar-refractivity contribution in [3.05, 3.63) is 16.1 Å². The molecular weight excluding hydrogens is 198 g/mol. The summed E-state index contributed by atoms with van der Waals surface area (Å²) in [6.45, 7) is 2.78. The summed E-state index contributed by atoms with van der Waals surface area (Å²) in [5, 5.41) is 6.23. The van der Waals surface area contributed by atoms with Crippen LogP contribution in [0.3, 0.4) is 0 Å². The molecule has 6 heteroatoms. The van der Waals surface area contributed by atoms with Crippen LogP contribution in [0.1, 0.15) is 10.7 Å². The molecule has 1 rings (SSSR count). The van der Waals surface area contributed by atoms with Gasteiger partial charge in [-0.25, -0.2) is 10.8 Å². The predicted octanol–water partition coefficient (Wildman–Crippen LogP) is 0.0327. The molecule has 0 atom stereocenters. The summed E-state index contributed by atoms with van der Waals surface area (Å²) in [6, 6.07) is 0. The van der Waals surface area contributed by atoms with E-state index in [-0.39, 0.29) is 0 Å². The molecule has 0 saturated heterocycles. The van der Waals surface area contributed by atoms with Crippen LogP contribution in [0.5, 0.6) is 0 Å². The Morgan fingerprint density at radius 1 is 1.71 bits per heavy atom. The second-order valence-electron chi connectivity index (χ2n) is 2.78. The van der Waals surface area contributed by atoms with Crippen LogP contribution in [0.15, 0.2) is 10.4 Å². The minimum Gasteiger partial charge on any atom is -0.355 e. The highest BCUT2D eigenvalue weighted by Crippen LogP contribution is 2.08. The number of nitrogens with one attached hydrogen (secondary N) is 2. The fourth-order valence-corrected chi connectivity index (χ4v) is 1.78. The fraction of sp³-hybridized carbons (Fsp3) is 0.500. The Kier molecular flexibility index (Phi) is 4.34. The molecule has 1 aromatic rings. The van der Waals surface area contributed by atoms with Crippen molar-refractivity contribution in [1.29, 1.82) is 0 Å². The van der Waals surface area contributed by atoms with Gasteiger partial charge in [0.1, 0.15) is 0 Å². The maximum atomic E-state index is 5.21. The van der Waals surface area contributed by atoms with Crippen molar-refractivity contribution in [3.8, 4) is 0 Å². The van der Waals surface area contributed by atoms with Crippen molar-refractivity contribution in [2.75, 3.05) is 13.6 Å². The molecule has 0 fully saturated rings. The van der Waals surface area contributed by atoms with E-state index in [9.17, 15) is 0 Å². The first kappa shape index (κ1) is 10.9. The number of nitrogens with two attached hydrogens (primary N) is 1. The topological polar surface area (TPSA) is 75.3 Å². The average molecular weight is 213 g/mol. The highest BCUT2D eigenvalue weighted by molar-refractivity contribution is 7.09. The third-order valence-electron chi connectivity index (χ3n) is 1.66. The molecule has 4 N–H and O–H groups in total. The molecule has 1 heterocycles. The van der Waals surface area contributed by atoms with E-state index in [1.165, 1.54) is 0 Å². The molecule has 0 spiro atoms. The van der Waals surface area contributed by atoms with E-state index in [2.05, 4.69) is 20.7 Å². The summed E-state index contributed by atoms with van der Waals surface area (Å²) < 4.78 is 0. The molecule has 0 aliphatic heterocycles. The quantitative estimate of drug-likeness (QED) is 0.287. The summed E-state index contributed by atoms with van der Waals surface area (Å²) in [4.78, 5) is 8.24. The molecular formula is C8H15N5S. The Hall–Kier alpha value is -1.14. The van der Waals surface area contributed by atoms with Gasteiger partial charge in [-0.1, -0.05) is 0 Å². The van der Waals surface area contributed by atoms with Gasteiger partial charge in [0.2, 0.25) is 5.96 Å². The molecule has 0 aliphatic carbocycles. The zero-order valence-electron chi connectivity index (χ0n) is 8.37. The van der Waals surface area contributed by atoms with Crippen molar-refractivity contribution in [1.82, 2.24) is 15.7 Å². The van der Waals surface area contributed by atoms with Crippen molar-refractivity contribution >= 4 is 17.3 Å². The highest BCUT2D eigenvalue weighted by atomic mass is 32.1. The monoisotopic (exact) mass is 213 g/mol. The van der Waals surface area contributed by atoms with Crippen LogP contribution in [-0.4, -0.2) is 24.5 Å². The van der Waals surface area contributed by atoms with Crippen LogP contribution in [0.25, 0.3) is 0 Å². The Labute approximate surface area is 87.4 Å². The molecule has 0 saturated carbocycles. The number of nitrogens with zero attached hydrogens (tertiary/aromatic N) is 2. The average Bonchev–Trinajstić information content (AvgIpc) is 2.59. The third kappa shape index (κ3) is 3.31. The molecule has 0 aromatic carbocycles. The molecule has 0 radical (unpaired) electrons. The summed E-state index contributed by atoms with van der Waals surface area (Å²) in [5.41, 5.74) is 3.54. The number of hydrogen-bond donors (Lipinski definition) is 3.